The molecule has 19 heavy (non-hydrogen) atoms. The second kappa shape index (κ2) is 5.91. The van der Waals surface area contributed by atoms with Crippen molar-refractivity contribution in [3.05, 3.63) is 59.7 Å². The van der Waals surface area contributed by atoms with Crippen LogP contribution in [0.4, 0.5) is 5.69 Å². The minimum atomic E-state index is -0.926. The van der Waals surface area contributed by atoms with Crippen LogP contribution in [0.5, 0.6) is 5.75 Å². The molecular weight excluding hydrogens is 242 g/mol. The number of methoxy groups -OCH3 is 1. The maximum Gasteiger partial charge on any atom is 0.335 e. The molecule has 0 aliphatic carbocycles. The van der Waals surface area contributed by atoms with E-state index < -0.39 is 5.97 Å². The van der Waals surface area contributed by atoms with E-state index in [2.05, 4.69) is 5.32 Å². The van der Waals surface area contributed by atoms with Crippen molar-refractivity contribution in [3.8, 4) is 5.75 Å². The van der Waals surface area contributed by atoms with Gasteiger partial charge >= 0.3 is 5.97 Å². The summed E-state index contributed by atoms with van der Waals surface area (Å²) < 4.78 is 5.15. The molecule has 2 N–H and O–H groups in total. The number of benzene rings is 2. The number of hydrogen-bond acceptors (Lipinski definition) is 3. The van der Waals surface area contributed by atoms with Gasteiger partial charge in [-0.3, -0.25) is 0 Å². The van der Waals surface area contributed by atoms with Crippen LogP contribution in [0.15, 0.2) is 48.5 Å². The summed E-state index contributed by atoms with van der Waals surface area (Å²) in [6.07, 6.45) is 0. The number of anilines is 1. The molecule has 0 atom stereocenters. The number of carboxylic acid groups (broad SMARTS) is 1. The molecule has 98 valence electrons. The third-order valence-electron chi connectivity index (χ3n) is 2.74. The SMILES string of the molecule is COc1cccc(CNc2cccc(C(=O)O)c2)c1. The fraction of sp³-hybridized carbons (Fsp3) is 0.133. The summed E-state index contributed by atoms with van der Waals surface area (Å²) in [7, 11) is 1.63. The Balaban J connectivity index is 2.05. The summed E-state index contributed by atoms with van der Waals surface area (Å²) >= 11 is 0. The molecule has 0 unspecified atom stereocenters. The Labute approximate surface area is 111 Å². The molecule has 2 rings (SSSR count). The van der Waals surface area contributed by atoms with Crippen LogP contribution < -0.4 is 10.1 Å². The van der Waals surface area contributed by atoms with Crippen LogP contribution in [0.1, 0.15) is 15.9 Å². The zero-order valence-corrected chi connectivity index (χ0v) is 10.6. The minimum absolute atomic E-state index is 0.274. The number of rotatable bonds is 5. The van der Waals surface area contributed by atoms with Gasteiger partial charge in [0, 0.05) is 12.2 Å². The van der Waals surface area contributed by atoms with Crippen molar-refractivity contribution in [2.24, 2.45) is 0 Å². The normalized spacial score (nSPS) is 9.95. The highest BCUT2D eigenvalue weighted by Crippen LogP contribution is 2.15. The molecule has 0 aliphatic rings. The first-order chi connectivity index (χ1) is 9.19. The molecule has 0 radical (unpaired) electrons. The Morgan fingerprint density at radius 3 is 2.74 bits per heavy atom. The smallest absolute Gasteiger partial charge is 0.335 e. The van der Waals surface area contributed by atoms with Crippen molar-refractivity contribution >= 4 is 11.7 Å². The van der Waals surface area contributed by atoms with E-state index in [1.54, 1.807) is 25.3 Å². The Kier molecular flexibility index (Phi) is 4.03. The highest BCUT2D eigenvalue weighted by Gasteiger charge is 2.03. The molecule has 0 bridgehead atoms. The van der Waals surface area contributed by atoms with E-state index in [-0.39, 0.29) is 5.56 Å². The lowest BCUT2D eigenvalue weighted by atomic mass is 10.2. The van der Waals surface area contributed by atoms with Crippen molar-refractivity contribution in [2.75, 3.05) is 12.4 Å². The van der Waals surface area contributed by atoms with E-state index in [1.165, 1.54) is 0 Å². The highest BCUT2D eigenvalue weighted by molar-refractivity contribution is 5.88. The molecule has 0 aliphatic heterocycles. The van der Waals surface area contributed by atoms with Gasteiger partial charge in [0.15, 0.2) is 0 Å². The van der Waals surface area contributed by atoms with Gasteiger partial charge in [-0.2, -0.15) is 0 Å². The summed E-state index contributed by atoms with van der Waals surface area (Å²) in [4.78, 5) is 10.9. The highest BCUT2D eigenvalue weighted by atomic mass is 16.5. The predicted octanol–water partition coefficient (Wildman–Crippen LogP) is 3.01. The molecule has 0 amide bonds. The lowest BCUT2D eigenvalue weighted by molar-refractivity contribution is 0.0697. The van der Waals surface area contributed by atoms with Gasteiger partial charge in [-0.15, -0.1) is 0 Å². The second-order valence-corrected chi connectivity index (χ2v) is 4.09. The third-order valence-corrected chi connectivity index (χ3v) is 2.74. The third kappa shape index (κ3) is 3.48. The first kappa shape index (κ1) is 13.0. The Morgan fingerprint density at radius 1 is 1.21 bits per heavy atom. The largest absolute Gasteiger partial charge is 0.497 e. The molecule has 0 fully saturated rings. The standard InChI is InChI=1S/C15H15NO3/c1-19-14-7-2-4-11(8-14)10-16-13-6-3-5-12(9-13)15(17)18/h2-9,16H,10H2,1H3,(H,17,18). The number of carbonyl (C=O) groups is 1. The molecule has 4 nitrogen and oxygen atoms in total. The summed E-state index contributed by atoms with van der Waals surface area (Å²) in [5.41, 5.74) is 2.12. The second-order valence-electron chi connectivity index (χ2n) is 4.09. The van der Waals surface area contributed by atoms with Crippen LogP contribution in [0.3, 0.4) is 0 Å². The van der Waals surface area contributed by atoms with Gasteiger partial charge in [-0.1, -0.05) is 18.2 Å². The molecule has 0 saturated carbocycles. The van der Waals surface area contributed by atoms with Gasteiger partial charge in [-0.25, -0.2) is 4.79 Å². The number of hydrogen-bond donors (Lipinski definition) is 2. The number of carboxylic acids is 1. The van der Waals surface area contributed by atoms with E-state index in [1.807, 2.05) is 30.3 Å². The van der Waals surface area contributed by atoms with Crippen molar-refractivity contribution in [1.82, 2.24) is 0 Å². The number of ether oxygens (including phenoxy) is 1. The van der Waals surface area contributed by atoms with E-state index >= 15 is 0 Å². The predicted molar refractivity (Wildman–Crippen MR) is 73.7 cm³/mol. The molecule has 0 aromatic heterocycles. The molecule has 0 saturated heterocycles. The van der Waals surface area contributed by atoms with Crippen LogP contribution in [0.2, 0.25) is 0 Å². The summed E-state index contributed by atoms with van der Waals surface area (Å²) in [6.45, 7) is 0.611. The van der Waals surface area contributed by atoms with Crippen molar-refractivity contribution in [1.29, 1.82) is 0 Å². The molecular formula is C15H15NO3. The Morgan fingerprint density at radius 2 is 2.00 bits per heavy atom. The summed E-state index contributed by atoms with van der Waals surface area (Å²) in [5.74, 6) is -0.122. The van der Waals surface area contributed by atoms with Gasteiger partial charge in [-0.05, 0) is 35.9 Å². The van der Waals surface area contributed by atoms with Crippen LogP contribution in [0.25, 0.3) is 0 Å². The molecule has 4 heteroatoms. The van der Waals surface area contributed by atoms with Crippen LogP contribution in [-0.2, 0) is 6.54 Å². The topological polar surface area (TPSA) is 58.6 Å². The average molecular weight is 257 g/mol. The van der Waals surface area contributed by atoms with Gasteiger partial charge < -0.3 is 15.2 Å². The first-order valence-corrected chi connectivity index (χ1v) is 5.89. The monoisotopic (exact) mass is 257 g/mol. The number of aromatic carboxylic acids is 1. The maximum absolute atomic E-state index is 10.9. The van der Waals surface area contributed by atoms with Crippen molar-refractivity contribution < 1.29 is 14.6 Å². The van der Waals surface area contributed by atoms with Crippen molar-refractivity contribution in [3.63, 3.8) is 0 Å². The Bertz CT molecular complexity index is 581. The lowest BCUT2D eigenvalue weighted by Crippen LogP contribution is -2.02. The quantitative estimate of drug-likeness (QED) is 0.864. The van der Waals surface area contributed by atoms with Gasteiger partial charge in [0.2, 0.25) is 0 Å². The zero-order valence-electron chi connectivity index (χ0n) is 10.6. The van der Waals surface area contributed by atoms with Gasteiger partial charge in [0.25, 0.3) is 0 Å². The zero-order chi connectivity index (χ0) is 13.7. The minimum Gasteiger partial charge on any atom is -0.497 e. The maximum atomic E-state index is 10.9. The van der Waals surface area contributed by atoms with Crippen LogP contribution in [-0.4, -0.2) is 18.2 Å². The summed E-state index contributed by atoms with van der Waals surface area (Å²) in [6, 6.07) is 14.5. The van der Waals surface area contributed by atoms with E-state index in [0.29, 0.717) is 6.54 Å². The van der Waals surface area contributed by atoms with Crippen LogP contribution in [0, 0.1) is 0 Å². The van der Waals surface area contributed by atoms with Crippen molar-refractivity contribution in [2.45, 2.75) is 6.54 Å². The lowest BCUT2D eigenvalue weighted by Gasteiger charge is -2.08. The summed E-state index contributed by atoms with van der Waals surface area (Å²) in [5, 5.41) is 12.1. The fourth-order valence-electron chi connectivity index (χ4n) is 1.75. The molecule has 2 aromatic carbocycles. The molecule has 2 aromatic rings. The Hall–Kier alpha value is -2.49. The molecule has 0 heterocycles. The van der Waals surface area contributed by atoms with Crippen LogP contribution >= 0.6 is 0 Å². The molecule has 0 spiro atoms. The fourth-order valence-corrected chi connectivity index (χ4v) is 1.75. The van der Waals surface area contributed by atoms with E-state index in [9.17, 15) is 4.79 Å². The van der Waals surface area contributed by atoms with Gasteiger partial charge in [0.1, 0.15) is 5.75 Å². The van der Waals surface area contributed by atoms with E-state index in [4.69, 9.17) is 9.84 Å². The average Bonchev–Trinajstić information content (AvgIpc) is 2.45. The van der Waals surface area contributed by atoms with E-state index in [0.717, 1.165) is 17.0 Å². The first-order valence-electron chi connectivity index (χ1n) is 5.89. The number of nitrogens with one attached hydrogen (secondary N) is 1. The van der Waals surface area contributed by atoms with Gasteiger partial charge in [0.05, 0.1) is 12.7 Å².